The van der Waals surface area contributed by atoms with E-state index in [2.05, 4.69) is 5.32 Å². The van der Waals surface area contributed by atoms with E-state index >= 15 is 0 Å². The van der Waals surface area contributed by atoms with E-state index in [0.29, 0.717) is 25.2 Å². The van der Waals surface area contributed by atoms with E-state index in [1.165, 1.54) is 13.2 Å². The van der Waals surface area contributed by atoms with Crippen LogP contribution in [0.4, 0.5) is 16.4 Å². The van der Waals surface area contributed by atoms with Crippen molar-refractivity contribution < 1.29 is 23.7 Å². The summed E-state index contributed by atoms with van der Waals surface area (Å²) in [7, 11) is 1.33. The number of methoxy groups -OCH3 is 1. The number of nitrogens with zero attached hydrogens (tertiary/aromatic N) is 2. The highest BCUT2D eigenvalue weighted by Gasteiger charge is 2.22. The Kier molecular flexibility index (Phi) is 4.38. The van der Waals surface area contributed by atoms with Gasteiger partial charge in [0.1, 0.15) is 4.92 Å². The van der Waals surface area contributed by atoms with Gasteiger partial charge in [-0.1, -0.05) is 6.07 Å². The van der Waals surface area contributed by atoms with Crippen LogP contribution in [0, 0.1) is 10.1 Å². The summed E-state index contributed by atoms with van der Waals surface area (Å²) in [6, 6.07) is 7.74. The van der Waals surface area contributed by atoms with Crippen LogP contribution < -0.4 is 5.32 Å². The molecule has 130 valence electrons. The van der Waals surface area contributed by atoms with E-state index in [-0.39, 0.29) is 5.76 Å². The maximum Gasteiger partial charge on any atom is 0.433 e. The first-order valence-electron chi connectivity index (χ1n) is 7.48. The summed E-state index contributed by atoms with van der Waals surface area (Å²) in [6.45, 7) is 0.958. The minimum atomic E-state index is -0.711. The van der Waals surface area contributed by atoms with Gasteiger partial charge in [-0.25, -0.2) is 4.79 Å². The van der Waals surface area contributed by atoms with Crippen molar-refractivity contribution in [2.45, 2.75) is 13.0 Å². The third kappa shape index (κ3) is 3.44. The second kappa shape index (κ2) is 6.63. The molecule has 1 N–H and O–H groups in total. The minimum Gasteiger partial charge on any atom is -0.453 e. The minimum absolute atomic E-state index is 0.152. The van der Waals surface area contributed by atoms with E-state index in [4.69, 9.17) is 9.15 Å². The van der Waals surface area contributed by atoms with Crippen molar-refractivity contribution in [3.63, 3.8) is 0 Å². The van der Waals surface area contributed by atoms with Gasteiger partial charge in [0.25, 0.3) is 5.91 Å². The molecule has 2 amide bonds. The van der Waals surface area contributed by atoms with Crippen LogP contribution in [0.25, 0.3) is 0 Å². The molecule has 1 aromatic heterocycles. The number of benzene rings is 1. The summed E-state index contributed by atoms with van der Waals surface area (Å²) >= 11 is 0. The molecule has 2 aromatic rings. The molecule has 0 saturated carbocycles. The highest BCUT2D eigenvalue weighted by molar-refractivity contribution is 6.02. The van der Waals surface area contributed by atoms with Crippen LogP contribution in [-0.4, -0.2) is 35.5 Å². The largest absolute Gasteiger partial charge is 0.453 e. The molecule has 0 atom stereocenters. The van der Waals surface area contributed by atoms with Crippen molar-refractivity contribution in [1.82, 2.24) is 4.90 Å². The number of nitrogens with one attached hydrogen (secondary N) is 1. The molecule has 0 unspecified atom stereocenters. The lowest BCUT2D eigenvalue weighted by atomic mass is 9.99. The summed E-state index contributed by atoms with van der Waals surface area (Å²) in [5.41, 5.74) is 2.50. The molecular weight excluding hydrogens is 330 g/mol. The molecule has 0 spiro atoms. The monoisotopic (exact) mass is 345 g/mol. The first kappa shape index (κ1) is 16.5. The second-order valence-electron chi connectivity index (χ2n) is 5.47. The molecule has 3 rings (SSSR count). The fourth-order valence-corrected chi connectivity index (χ4v) is 2.66. The Morgan fingerprint density at radius 2 is 2.08 bits per heavy atom. The third-order valence-corrected chi connectivity index (χ3v) is 3.90. The van der Waals surface area contributed by atoms with E-state index in [1.807, 2.05) is 6.07 Å². The summed E-state index contributed by atoms with van der Waals surface area (Å²) in [5, 5.41) is 13.2. The van der Waals surface area contributed by atoms with Gasteiger partial charge in [-0.15, -0.1) is 0 Å². The first-order chi connectivity index (χ1) is 12.0. The number of rotatable bonds is 3. The fourth-order valence-electron chi connectivity index (χ4n) is 2.66. The normalized spacial score (nSPS) is 13.1. The van der Waals surface area contributed by atoms with Crippen LogP contribution >= 0.6 is 0 Å². The molecule has 0 aliphatic carbocycles. The zero-order valence-corrected chi connectivity index (χ0v) is 13.4. The van der Waals surface area contributed by atoms with Crippen LogP contribution in [0.5, 0.6) is 0 Å². The van der Waals surface area contributed by atoms with Gasteiger partial charge in [-0.05, 0) is 35.7 Å². The summed E-state index contributed by atoms with van der Waals surface area (Å²) in [6.07, 6.45) is 0.297. The van der Waals surface area contributed by atoms with E-state index < -0.39 is 22.8 Å². The smallest absolute Gasteiger partial charge is 0.433 e. The van der Waals surface area contributed by atoms with Crippen molar-refractivity contribution >= 4 is 23.6 Å². The Balaban J connectivity index is 1.74. The van der Waals surface area contributed by atoms with Crippen LogP contribution in [0.3, 0.4) is 0 Å². The maximum atomic E-state index is 12.1. The molecule has 25 heavy (non-hydrogen) atoms. The van der Waals surface area contributed by atoms with Crippen molar-refractivity contribution in [2.75, 3.05) is 19.0 Å². The first-order valence-corrected chi connectivity index (χ1v) is 7.48. The number of nitro groups is 1. The van der Waals surface area contributed by atoms with E-state index in [9.17, 15) is 19.7 Å². The van der Waals surface area contributed by atoms with Gasteiger partial charge >= 0.3 is 12.0 Å². The van der Waals surface area contributed by atoms with Crippen molar-refractivity contribution in [2.24, 2.45) is 0 Å². The molecule has 2 heterocycles. The zero-order valence-electron chi connectivity index (χ0n) is 13.4. The average Bonchev–Trinajstić information content (AvgIpc) is 3.11. The van der Waals surface area contributed by atoms with Crippen molar-refractivity contribution in [1.29, 1.82) is 0 Å². The lowest BCUT2D eigenvalue weighted by Gasteiger charge is -2.28. The molecule has 0 saturated heterocycles. The van der Waals surface area contributed by atoms with Gasteiger partial charge < -0.3 is 19.4 Å². The third-order valence-electron chi connectivity index (χ3n) is 3.90. The summed E-state index contributed by atoms with van der Waals surface area (Å²) in [5.74, 6) is -1.24. The number of fused-ring (bicyclic) bond motifs is 1. The Bertz CT molecular complexity index is 844. The number of amides is 2. The Hall–Kier alpha value is -3.36. The highest BCUT2D eigenvalue weighted by atomic mass is 16.6. The van der Waals surface area contributed by atoms with Crippen molar-refractivity contribution in [3.8, 4) is 0 Å². The van der Waals surface area contributed by atoms with Gasteiger partial charge in [0, 0.05) is 18.8 Å². The summed E-state index contributed by atoms with van der Waals surface area (Å²) in [4.78, 5) is 35.2. The Morgan fingerprint density at radius 1 is 1.28 bits per heavy atom. The summed E-state index contributed by atoms with van der Waals surface area (Å²) < 4.78 is 9.60. The van der Waals surface area contributed by atoms with Crippen LogP contribution in [0.2, 0.25) is 0 Å². The molecular formula is C16H15N3O6. The number of hydrogen-bond donors (Lipinski definition) is 1. The van der Waals surface area contributed by atoms with Gasteiger partial charge in [0.2, 0.25) is 0 Å². The fraction of sp³-hybridized carbons (Fsp3) is 0.250. The molecule has 1 aliphatic rings. The van der Waals surface area contributed by atoms with Crippen molar-refractivity contribution in [3.05, 3.63) is 57.3 Å². The topological polar surface area (TPSA) is 115 Å². The van der Waals surface area contributed by atoms with E-state index in [1.54, 1.807) is 17.0 Å². The molecule has 0 radical (unpaired) electrons. The molecule has 1 aromatic carbocycles. The van der Waals surface area contributed by atoms with Crippen LogP contribution in [-0.2, 0) is 17.7 Å². The number of carbonyl (C=O) groups is 2. The zero-order chi connectivity index (χ0) is 18.0. The molecule has 9 nitrogen and oxygen atoms in total. The number of carbonyl (C=O) groups excluding carboxylic acids is 2. The highest BCUT2D eigenvalue weighted by Crippen LogP contribution is 2.24. The Labute approximate surface area is 142 Å². The SMILES string of the molecule is COC(=O)N1CCc2ccc(NC(=O)c3ccc([N+](=O)[O-])o3)cc2C1. The number of anilines is 1. The lowest BCUT2D eigenvalue weighted by molar-refractivity contribution is -0.402. The number of ether oxygens (including phenoxy) is 1. The number of hydrogen-bond acceptors (Lipinski definition) is 6. The molecule has 0 bridgehead atoms. The molecule has 1 aliphatic heterocycles. The van der Waals surface area contributed by atoms with Crippen LogP contribution in [0.1, 0.15) is 21.7 Å². The van der Waals surface area contributed by atoms with Gasteiger partial charge in [-0.2, -0.15) is 0 Å². The number of furan rings is 1. The Morgan fingerprint density at radius 3 is 2.76 bits per heavy atom. The molecule has 9 heteroatoms. The standard InChI is InChI=1S/C16H15N3O6/c1-24-16(21)18-7-6-10-2-3-12(8-11(10)9-18)17-15(20)13-4-5-14(25-13)19(22)23/h2-5,8H,6-7,9H2,1H3,(H,17,20). The molecule has 0 fully saturated rings. The lowest BCUT2D eigenvalue weighted by Crippen LogP contribution is -2.35. The van der Waals surface area contributed by atoms with E-state index in [0.717, 1.165) is 17.2 Å². The predicted octanol–water partition coefficient (Wildman–Crippen LogP) is 2.56. The quantitative estimate of drug-likeness (QED) is 0.675. The van der Waals surface area contributed by atoms with Gasteiger partial charge in [0.15, 0.2) is 5.76 Å². The average molecular weight is 345 g/mol. The van der Waals surface area contributed by atoms with Crippen LogP contribution in [0.15, 0.2) is 34.7 Å². The predicted molar refractivity (Wildman–Crippen MR) is 86.3 cm³/mol. The van der Waals surface area contributed by atoms with Gasteiger partial charge in [-0.3, -0.25) is 14.9 Å². The second-order valence-corrected chi connectivity index (χ2v) is 5.47. The van der Waals surface area contributed by atoms with Gasteiger partial charge in [0.05, 0.1) is 13.2 Å². The maximum absolute atomic E-state index is 12.1.